The van der Waals surface area contributed by atoms with E-state index in [9.17, 15) is 19.8 Å². The second kappa shape index (κ2) is 45.6. The minimum Gasteiger partial charge on any atom is -0.462 e. The summed E-state index contributed by atoms with van der Waals surface area (Å²) in [5.74, 6) is -0.530. The number of unbranched alkanes of at least 4 members (excludes halogenated alkanes) is 21. The number of amides is 1. The van der Waals surface area contributed by atoms with Gasteiger partial charge in [-0.1, -0.05) is 216 Å². The van der Waals surface area contributed by atoms with E-state index in [1.165, 1.54) is 103 Å². The van der Waals surface area contributed by atoms with E-state index < -0.39 is 18.2 Å². The summed E-state index contributed by atoms with van der Waals surface area (Å²) in [5.41, 5.74) is 0. The van der Waals surface area contributed by atoms with Crippen LogP contribution in [-0.2, 0) is 14.3 Å². The summed E-state index contributed by atoms with van der Waals surface area (Å²) in [6.07, 6.45) is 55.7. The Morgan fingerprint density at radius 1 is 0.517 bits per heavy atom. The highest BCUT2D eigenvalue weighted by Crippen LogP contribution is 2.17. The van der Waals surface area contributed by atoms with Crippen molar-refractivity contribution in [3.05, 3.63) is 60.8 Å². The zero-order chi connectivity index (χ0) is 42.4. The van der Waals surface area contributed by atoms with E-state index in [2.05, 4.69) is 86.8 Å². The summed E-state index contributed by atoms with van der Waals surface area (Å²) >= 11 is 0. The summed E-state index contributed by atoms with van der Waals surface area (Å²) < 4.78 is 5.88. The molecule has 6 nitrogen and oxygen atoms in total. The van der Waals surface area contributed by atoms with E-state index in [1.54, 1.807) is 0 Å². The molecule has 0 aromatic carbocycles. The van der Waals surface area contributed by atoms with Gasteiger partial charge >= 0.3 is 5.97 Å². The molecule has 3 unspecified atom stereocenters. The van der Waals surface area contributed by atoms with Crippen molar-refractivity contribution in [1.82, 2.24) is 5.32 Å². The first kappa shape index (κ1) is 55.6. The fourth-order valence-electron chi connectivity index (χ4n) is 7.17. The second-order valence-electron chi connectivity index (χ2n) is 16.5. The molecule has 0 saturated heterocycles. The zero-order valence-electron chi connectivity index (χ0n) is 38.2. The highest BCUT2D eigenvalue weighted by Gasteiger charge is 2.24. The van der Waals surface area contributed by atoms with Gasteiger partial charge < -0.3 is 20.3 Å². The largest absolute Gasteiger partial charge is 0.462 e. The molecule has 0 heterocycles. The van der Waals surface area contributed by atoms with Gasteiger partial charge in [0.15, 0.2) is 0 Å². The number of aliphatic hydroxyl groups is 2. The molecule has 0 spiro atoms. The molecule has 1 amide bonds. The smallest absolute Gasteiger partial charge is 0.306 e. The maximum absolute atomic E-state index is 13.2. The SMILES string of the molecule is CC/C=C\C/C=C\C/C=C\C/C=C\C/C=C\CCCC(CC(=O)NC(CO)C(O)CCCCCCCCCCCCCC)OC(=O)CCCCCCCCCCCC. The van der Waals surface area contributed by atoms with Gasteiger partial charge in [0.25, 0.3) is 0 Å². The van der Waals surface area contributed by atoms with E-state index in [0.29, 0.717) is 19.3 Å². The summed E-state index contributed by atoms with van der Waals surface area (Å²) in [4.78, 5) is 26.0. The van der Waals surface area contributed by atoms with Gasteiger partial charge in [0, 0.05) is 6.42 Å². The predicted molar refractivity (Wildman–Crippen MR) is 250 cm³/mol. The van der Waals surface area contributed by atoms with E-state index in [0.717, 1.165) is 83.5 Å². The van der Waals surface area contributed by atoms with Crippen molar-refractivity contribution in [3.8, 4) is 0 Å². The number of ether oxygens (including phenoxy) is 1. The quantitative estimate of drug-likeness (QED) is 0.0324. The molecule has 0 saturated carbocycles. The lowest BCUT2D eigenvalue weighted by Gasteiger charge is -2.24. The summed E-state index contributed by atoms with van der Waals surface area (Å²) in [7, 11) is 0. The van der Waals surface area contributed by atoms with Crippen molar-refractivity contribution in [3.63, 3.8) is 0 Å². The van der Waals surface area contributed by atoms with Gasteiger partial charge in [-0.3, -0.25) is 9.59 Å². The molecule has 0 bridgehead atoms. The van der Waals surface area contributed by atoms with Crippen molar-refractivity contribution in [1.29, 1.82) is 0 Å². The highest BCUT2D eigenvalue weighted by molar-refractivity contribution is 5.77. The van der Waals surface area contributed by atoms with Gasteiger partial charge in [0.1, 0.15) is 6.10 Å². The molecule has 0 aromatic heterocycles. The zero-order valence-corrected chi connectivity index (χ0v) is 38.2. The minimum absolute atomic E-state index is 0.0390. The molecule has 0 fully saturated rings. The predicted octanol–water partition coefficient (Wildman–Crippen LogP) is 14.5. The molecule has 0 radical (unpaired) electrons. The number of aliphatic hydroxyl groups excluding tert-OH is 2. The van der Waals surface area contributed by atoms with Gasteiger partial charge in [-0.25, -0.2) is 0 Å². The van der Waals surface area contributed by atoms with Crippen LogP contribution in [0.3, 0.4) is 0 Å². The van der Waals surface area contributed by atoms with E-state index in [-0.39, 0.29) is 24.9 Å². The van der Waals surface area contributed by atoms with Gasteiger partial charge in [-0.05, 0) is 64.2 Å². The lowest BCUT2D eigenvalue weighted by Crippen LogP contribution is -2.46. The minimum atomic E-state index is -0.801. The Labute approximate surface area is 358 Å². The van der Waals surface area contributed by atoms with Gasteiger partial charge in [-0.15, -0.1) is 0 Å². The molecule has 3 N–H and O–H groups in total. The molecule has 0 aliphatic carbocycles. The van der Waals surface area contributed by atoms with Crippen LogP contribution < -0.4 is 5.32 Å². The van der Waals surface area contributed by atoms with Crippen molar-refractivity contribution in [2.24, 2.45) is 0 Å². The van der Waals surface area contributed by atoms with Crippen LogP contribution in [-0.4, -0.2) is 46.9 Å². The number of carbonyl (C=O) groups excluding carboxylic acids is 2. The fraction of sp³-hybridized carbons (Fsp3) is 0.769. The average Bonchev–Trinajstić information content (AvgIpc) is 3.22. The summed E-state index contributed by atoms with van der Waals surface area (Å²) in [5, 5.41) is 23.7. The lowest BCUT2D eigenvalue weighted by atomic mass is 10.0. The lowest BCUT2D eigenvalue weighted by molar-refractivity contribution is -0.151. The standard InChI is InChI=1S/C52H93NO5/c1-4-7-10-13-16-19-22-24-25-26-27-28-29-31-34-37-40-43-48(58-52(57)45-42-39-36-33-21-18-15-12-9-6-3)46-51(56)53-49(47-54)50(55)44-41-38-35-32-30-23-20-17-14-11-8-5-2/h7,10,16,19,24-25,27-28,31,34,48-50,54-55H,4-6,8-9,11-15,17-18,20-23,26,29-30,32-33,35-47H2,1-3H3,(H,53,56)/b10-7-,19-16-,25-24-,28-27-,34-31-. The first-order valence-corrected chi connectivity index (χ1v) is 24.5. The molecule has 3 atom stereocenters. The van der Waals surface area contributed by atoms with Crippen LogP contribution in [0.25, 0.3) is 0 Å². The maximum Gasteiger partial charge on any atom is 0.306 e. The molecule has 336 valence electrons. The van der Waals surface area contributed by atoms with E-state index >= 15 is 0 Å². The molecule has 0 aromatic rings. The van der Waals surface area contributed by atoms with Crippen molar-refractivity contribution in [2.45, 2.75) is 251 Å². The molecule has 0 rings (SSSR count). The van der Waals surface area contributed by atoms with Crippen LogP contribution in [0.5, 0.6) is 0 Å². The normalized spacial score (nSPS) is 13.8. The second-order valence-corrected chi connectivity index (χ2v) is 16.5. The number of hydrogen-bond acceptors (Lipinski definition) is 5. The van der Waals surface area contributed by atoms with Gasteiger partial charge in [0.05, 0.1) is 25.2 Å². The van der Waals surface area contributed by atoms with Crippen LogP contribution >= 0.6 is 0 Å². The number of allylic oxidation sites excluding steroid dienone is 10. The maximum atomic E-state index is 13.2. The molecule has 0 aliphatic rings. The molecular weight excluding hydrogens is 719 g/mol. The third-order valence-electron chi connectivity index (χ3n) is 10.9. The van der Waals surface area contributed by atoms with Gasteiger partial charge in [-0.2, -0.15) is 0 Å². The summed E-state index contributed by atoms with van der Waals surface area (Å²) in [6, 6.07) is -0.718. The monoisotopic (exact) mass is 812 g/mol. The number of hydrogen-bond donors (Lipinski definition) is 3. The molecular formula is C52H93NO5. The molecule has 0 aliphatic heterocycles. The Bertz CT molecular complexity index is 1050. The van der Waals surface area contributed by atoms with Crippen LogP contribution in [0.4, 0.5) is 0 Å². The third kappa shape index (κ3) is 40.3. The van der Waals surface area contributed by atoms with Gasteiger partial charge in [0.2, 0.25) is 5.91 Å². The third-order valence-corrected chi connectivity index (χ3v) is 10.9. The van der Waals surface area contributed by atoms with E-state index in [1.807, 2.05) is 0 Å². The number of rotatable bonds is 43. The number of esters is 1. The Kier molecular flexibility index (Phi) is 43.7. The Hall–Kier alpha value is -2.44. The first-order chi connectivity index (χ1) is 28.5. The number of nitrogens with one attached hydrogen (secondary N) is 1. The number of carbonyl (C=O) groups is 2. The molecule has 6 heteroatoms. The Morgan fingerprint density at radius 2 is 0.931 bits per heavy atom. The van der Waals surface area contributed by atoms with Crippen LogP contribution in [0.15, 0.2) is 60.8 Å². The van der Waals surface area contributed by atoms with Crippen LogP contribution in [0.2, 0.25) is 0 Å². The van der Waals surface area contributed by atoms with Crippen molar-refractivity contribution < 1.29 is 24.5 Å². The van der Waals surface area contributed by atoms with Crippen molar-refractivity contribution in [2.75, 3.05) is 6.61 Å². The molecule has 58 heavy (non-hydrogen) atoms. The average molecular weight is 812 g/mol. The summed E-state index contributed by atoms with van der Waals surface area (Å²) in [6.45, 7) is 6.33. The first-order valence-electron chi connectivity index (χ1n) is 24.5. The van der Waals surface area contributed by atoms with Crippen molar-refractivity contribution >= 4 is 11.9 Å². The Morgan fingerprint density at radius 3 is 1.38 bits per heavy atom. The van der Waals surface area contributed by atoms with Crippen LogP contribution in [0, 0.1) is 0 Å². The Balaban J connectivity index is 4.69. The topological polar surface area (TPSA) is 95.9 Å². The fourth-order valence-corrected chi connectivity index (χ4v) is 7.17. The van der Waals surface area contributed by atoms with E-state index in [4.69, 9.17) is 4.74 Å². The van der Waals surface area contributed by atoms with Crippen LogP contribution in [0.1, 0.15) is 233 Å². The highest BCUT2D eigenvalue weighted by atomic mass is 16.5.